The number of fused-ring (bicyclic) bond motifs is 1. The van der Waals surface area contributed by atoms with Gasteiger partial charge in [-0.3, -0.25) is 0 Å². The van der Waals surface area contributed by atoms with Crippen LogP contribution in [0.25, 0.3) is 0 Å². The number of nitrogens with zero attached hydrogens (tertiary/aromatic N) is 3. The van der Waals surface area contributed by atoms with Crippen molar-refractivity contribution in [3.05, 3.63) is 24.3 Å². The molecule has 1 N–H and O–H groups in total. The van der Waals surface area contributed by atoms with Gasteiger partial charge in [0.2, 0.25) is 5.82 Å². The van der Waals surface area contributed by atoms with Gasteiger partial charge in [-0.05, 0) is 13.3 Å². The molecule has 2 unspecified atom stereocenters. The van der Waals surface area contributed by atoms with E-state index in [-0.39, 0.29) is 12.1 Å². The van der Waals surface area contributed by atoms with Crippen molar-refractivity contribution in [1.29, 1.82) is 0 Å². The predicted octanol–water partition coefficient (Wildman–Crippen LogP) is 2.08. The minimum Gasteiger partial charge on any atom is -0.305 e. The van der Waals surface area contributed by atoms with Crippen LogP contribution in [0.5, 0.6) is 0 Å². The van der Waals surface area contributed by atoms with Crippen LogP contribution in [-0.4, -0.2) is 21.3 Å². The first-order valence-corrected chi connectivity index (χ1v) is 5.31. The van der Waals surface area contributed by atoms with Gasteiger partial charge in [-0.25, -0.2) is 0 Å². The van der Waals surface area contributed by atoms with E-state index in [1.54, 1.807) is 13.0 Å². The van der Waals surface area contributed by atoms with Crippen LogP contribution in [0.3, 0.4) is 0 Å². The van der Waals surface area contributed by atoms with Gasteiger partial charge in [-0.15, -0.1) is 16.8 Å². The Hall–Kier alpha value is -1.37. The fraction of sp³-hybridized carbons (Fsp3) is 0.600. The van der Waals surface area contributed by atoms with Crippen molar-refractivity contribution in [2.24, 2.45) is 0 Å². The standard InChI is InChI=1S/C10H13F3N4/c1-3-4-7-8-15-16-9(10(11,12)13)17(8)6(2)5-14-7/h3,6-7,14H,1,4-5H2,2H3. The molecule has 94 valence electrons. The number of aromatic nitrogens is 3. The van der Waals surface area contributed by atoms with Crippen molar-refractivity contribution in [3.63, 3.8) is 0 Å². The van der Waals surface area contributed by atoms with E-state index in [1.165, 1.54) is 4.57 Å². The van der Waals surface area contributed by atoms with Gasteiger partial charge in [0.15, 0.2) is 5.82 Å². The Bertz CT molecular complexity index is 424. The molecule has 17 heavy (non-hydrogen) atoms. The molecule has 4 nitrogen and oxygen atoms in total. The molecule has 1 aliphatic rings. The second kappa shape index (κ2) is 4.14. The molecule has 0 fully saturated rings. The Balaban J connectivity index is 2.46. The van der Waals surface area contributed by atoms with Crippen LogP contribution in [-0.2, 0) is 6.18 Å². The summed E-state index contributed by atoms with van der Waals surface area (Å²) in [5.74, 6) is -0.591. The Kier molecular flexibility index (Phi) is 2.94. The molecule has 7 heteroatoms. The van der Waals surface area contributed by atoms with Crippen LogP contribution in [0.4, 0.5) is 13.2 Å². The Morgan fingerprint density at radius 1 is 1.53 bits per heavy atom. The number of hydrogen-bond donors (Lipinski definition) is 1. The molecule has 2 atom stereocenters. The highest BCUT2D eigenvalue weighted by Gasteiger charge is 2.41. The summed E-state index contributed by atoms with van der Waals surface area (Å²) < 4.78 is 39.4. The first-order chi connectivity index (χ1) is 7.95. The topological polar surface area (TPSA) is 42.7 Å². The van der Waals surface area contributed by atoms with Crippen LogP contribution in [0.1, 0.15) is 37.1 Å². The summed E-state index contributed by atoms with van der Waals surface area (Å²) in [4.78, 5) is 0. The molecule has 0 spiro atoms. The van der Waals surface area contributed by atoms with E-state index >= 15 is 0 Å². The summed E-state index contributed by atoms with van der Waals surface area (Å²) in [5, 5.41) is 10.1. The average molecular weight is 246 g/mol. The van der Waals surface area contributed by atoms with Crippen LogP contribution in [0, 0.1) is 0 Å². The normalized spacial score (nSPS) is 24.5. The third kappa shape index (κ3) is 2.06. The monoisotopic (exact) mass is 246 g/mol. The lowest BCUT2D eigenvalue weighted by Gasteiger charge is -2.29. The summed E-state index contributed by atoms with van der Waals surface area (Å²) in [6.45, 7) is 5.76. The van der Waals surface area contributed by atoms with Crippen molar-refractivity contribution >= 4 is 0 Å². The zero-order valence-corrected chi connectivity index (χ0v) is 9.33. The third-order valence-corrected chi connectivity index (χ3v) is 2.79. The largest absolute Gasteiger partial charge is 0.451 e. The fourth-order valence-corrected chi connectivity index (χ4v) is 2.02. The number of halogens is 3. The van der Waals surface area contributed by atoms with E-state index in [1.807, 2.05) is 0 Å². The molecule has 0 aromatic carbocycles. The maximum Gasteiger partial charge on any atom is 0.451 e. The van der Waals surface area contributed by atoms with Crippen LogP contribution >= 0.6 is 0 Å². The second-order valence-corrected chi connectivity index (χ2v) is 4.08. The first-order valence-electron chi connectivity index (χ1n) is 5.31. The van der Waals surface area contributed by atoms with E-state index in [4.69, 9.17) is 0 Å². The minimum atomic E-state index is -4.46. The van der Waals surface area contributed by atoms with Crippen LogP contribution < -0.4 is 5.32 Å². The number of nitrogens with one attached hydrogen (secondary N) is 1. The summed E-state index contributed by atoms with van der Waals surface area (Å²) in [5.41, 5.74) is 0. The van der Waals surface area contributed by atoms with Crippen LogP contribution in [0.2, 0.25) is 0 Å². The Morgan fingerprint density at radius 3 is 2.82 bits per heavy atom. The summed E-state index contributed by atoms with van der Waals surface area (Å²) in [7, 11) is 0. The van der Waals surface area contributed by atoms with Crippen molar-refractivity contribution in [3.8, 4) is 0 Å². The quantitative estimate of drug-likeness (QED) is 0.812. The van der Waals surface area contributed by atoms with Gasteiger partial charge in [-0.1, -0.05) is 6.08 Å². The molecule has 0 bridgehead atoms. The van der Waals surface area contributed by atoms with Crippen LogP contribution in [0.15, 0.2) is 12.7 Å². The maximum atomic E-state index is 12.7. The molecule has 1 aliphatic heterocycles. The number of rotatable bonds is 2. The van der Waals surface area contributed by atoms with E-state index in [9.17, 15) is 13.2 Å². The van der Waals surface area contributed by atoms with Gasteiger partial charge < -0.3 is 9.88 Å². The molecule has 1 aromatic heterocycles. The molecule has 1 aromatic rings. The molecule has 0 aliphatic carbocycles. The zero-order chi connectivity index (χ0) is 12.6. The second-order valence-electron chi connectivity index (χ2n) is 4.08. The van der Waals surface area contributed by atoms with Gasteiger partial charge in [-0.2, -0.15) is 13.2 Å². The van der Waals surface area contributed by atoms with Gasteiger partial charge in [0.1, 0.15) is 0 Å². The molecule has 0 saturated heterocycles. The fourth-order valence-electron chi connectivity index (χ4n) is 2.02. The Labute approximate surface area is 96.5 Å². The lowest BCUT2D eigenvalue weighted by Crippen LogP contribution is -2.37. The molecule has 0 radical (unpaired) electrons. The van der Waals surface area contributed by atoms with Gasteiger partial charge >= 0.3 is 6.18 Å². The van der Waals surface area contributed by atoms with Crippen molar-refractivity contribution in [2.45, 2.75) is 31.6 Å². The van der Waals surface area contributed by atoms with Crippen molar-refractivity contribution in [1.82, 2.24) is 20.1 Å². The number of hydrogen-bond acceptors (Lipinski definition) is 3. The SMILES string of the molecule is C=CCC1NCC(C)n2c1nnc2C(F)(F)F. The van der Waals surface area contributed by atoms with Gasteiger partial charge in [0.25, 0.3) is 0 Å². The molecule has 0 saturated carbocycles. The predicted molar refractivity (Wildman–Crippen MR) is 55.3 cm³/mol. The van der Waals surface area contributed by atoms with E-state index < -0.39 is 12.0 Å². The highest BCUT2D eigenvalue weighted by Crippen LogP contribution is 2.34. The molecular formula is C10H13F3N4. The minimum absolute atomic E-state index is 0.243. The first kappa shape index (κ1) is 12.1. The average Bonchev–Trinajstić information content (AvgIpc) is 2.67. The van der Waals surface area contributed by atoms with E-state index in [2.05, 4.69) is 22.1 Å². The van der Waals surface area contributed by atoms with Gasteiger partial charge in [0, 0.05) is 12.6 Å². The lowest BCUT2D eigenvalue weighted by molar-refractivity contribution is -0.148. The molecule has 0 amide bonds. The molecular weight excluding hydrogens is 233 g/mol. The maximum absolute atomic E-state index is 12.7. The van der Waals surface area contributed by atoms with E-state index in [0.717, 1.165) is 0 Å². The summed E-state index contributed by atoms with van der Waals surface area (Å²) >= 11 is 0. The highest BCUT2D eigenvalue weighted by atomic mass is 19.4. The van der Waals surface area contributed by atoms with Gasteiger partial charge in [0.05, 0.1) is 6.04 Å². The number of alkyl halides is 3. The summed E-state index contributed by atoms with van der Waals surface area (Å²) in [6.07, 6.45) is -2.28. The smallest absolute Gasteiger partial charge is 0.305 e. The molecule has 2 heterocycles. The zero-order valence-electron chi connectivity index (χ0n) is 9.33. The van der Waals surface area contributed by atoms with E-state index in [0.29, 0.717) is 18.8 Å². The molecule has 2 rings (SSSR count). The highest BCUT2D eigenvalue weighted by molar-refractivity contribution is 5.10. The third-order valence-electron chi connectivity index (χ3n) is 2.79. The summed E-state index contributed by atoms with van der Waals surface area (Å²) in [6, 6.07) is -0.551. The lowest BCUT2D eigenvalue weighted by atomic mass is 10.1. The van der Waals surface area contributed by atoms with Crippen molar-refractivity contribution in [2.75, 3.05) is 6.54 Å². The Morgan fingerprint density at radius 2 is 2.24 bits per heavy atom. The van der Waals surface area contributed by atoms with Crippen molar-refractivity contribution < 1.29 is 13.2 Å².